The zero-order valence-electron chi connectivity index (χ0n) is 9.95. The molecule has 0 saturated carbocycles. The van der Waals surface area contributed by atoms with Crippen molar-refractivity contribution in [3.8, 4) is 11.5 Å². The van der Waals surface area contributed by atoms with E-state index in [1.54, 1.807) is 30.5 Å². The molecule has 0 saturated heterocycles. The van der Waals surface area contributed by atoms with E-state index in [1.807, 2.05) is 22.7 Å². The number of nitrogens with zero attached hydrogens (tertiary/aromatic N) is 2. The molecule has 0 aliphatic rings. The van der Waals surface area contributed by atoms with Crippen LogP contribution in [-0.4, -0.2) is 14.5 Å². The number of halogens is 1. The van der Waals surface area contributed by atoms with E-state index in [9.17, 15) is 5.11 Å². The molecule has 0 bridgehead atoms. The molecular weight excluding hydrogens is 308 g/mol. The quantitative estimate of drug-likeness (QED) is 0.805. The molecule has 0 amide bonds. The second kappa shape index (κ2) is 4.93. The standard InChI is InChI=1S/C14H11BrN2O2/c15-13-2-1-7-17-10(8-16-14(13)17)9-19-12-5-3-11(18)4-6-12/h1-8,18H,9H2. The molecule has 19 heavy (non-hydrogen) atoms. The molecule has 0 radical (unpaired) electrons. The molecule has 2 heterocycles. The molecule has 0 atom stereocenters. The summed E-state index contributed by atoms with van der Waals surface area (Å²) in [5.74, 6) is 0.939. The van der Waals surface area contributed by atoms with Crippen LogP contribution in [0.1, 0.15) is 5.69 Å². The van der Waals surface area contributed by atoms with Crippen molar-refractivity contribution in [2.75, 3.05) is 0 Å². The maximum atomic E-state index is 9.21. The molecule has 0 unspecified atom stereocenters. The largest absolute Gasteiger partial charge is 0.508 e. The SMILES string of the molecule is Oc1ccc(OCc2cnc3c(Br)cccn23)cc1. The molecule has 96 valence electrons. The number of hydrogen-bond acceptors (Lipinski definition) is 3. The topological polar surface area (TPSA) is 46.8 Å². The smallest absolute Gasteiger partial charge is 0.151 e. The van der Waals surface area contributed by atoms with Gasteiger partial charge in [0.15, 0.2) is 5.65 Å². The number of aromatic nitrogens is 2. The van der Waals surface area contributed by atoms with Crippen molar-refractivity contribution in [3.05, 3.63) is 59.0 Å². The summed E-state index contributed by atoms with van der Waals surface area (Å²) in [4.78, 5) is 4.34. The van der Waals surface area contributed by atoms with Crippen LogP contribution >= 0.6 is 15.9 Å². The number of fused-ring (bicyclic) bond motifs is 1. The number of phenolic OH excluding ortho intramolecular Hbond substituents is 1. The molecule has 0 aliphatic heterocycles. The summed E-state index contributed by atoms with van der Waals surface area (Å²) in [7, 11) is 0. The average Bonchev–Trinajstić information content (AvgIpc) is 2.83. The van der Waals surface area contributed by atoms with Gasteiger partial charge < -0.3 is 9.84 Å². The summed E-state index contributed by atoms with van der Waals surface area (Å²) in [5.41, 5.74) is 1.83. The fourth-order valence-electron chi connectivity index (χ4n) is 1.83. The minimum atomic E-state index is 0.228. The van der Waals surface area contributed by atoms with Crippen molar-refractivity contribution < 1.29 is 9.84 Å². The van der Waals surface area contributed by atoms with Gasteiger partial charge in [0.05, 0.1) is 16.4 Å². The maximum Gasteiger partial charge on any atom is 0.151 e. The Morgan fingerprint density at radius 3 is 2.79 bits per heavy atom. The third kappa shape index (κ3) is 2.42. The monoisotopic (exact) mass is 318 g/mol. The minimum Gasteiger partial charge on any atom is -0.508 e. The molecule has 3 aromatic rings. The fourth-order valence-corrected chi connectivity index (χ4v) is 2.28. The Hall–Kier alpha value is -2.01. The van der Waals surface area contributed by atoms with Crippen molar-refractivity contribution >= 4 is 21.6 Å². The van der Waals surface area contributed by atoms with Crippen molar-refractivity contribution in [2.24, 2.45) is 0 Å². The van der Waals surface area contributed by atoms with Gasteiger partial charge in [-0.3, -0.25) is 4.40 Å². The lowest BCUT2D eigenvalue weighted by atomic mass is 10.3. The van der Waals surface area contributed by atoms with E-state index in [4.69, 9.17) is 4.74 Å². The summed E-state index contributed by atoms with van der Waals surface area (Å²) in [6.07, 6.45) is 3.74. The normalized spacial score (nSPS) is 10.8. The van der Waals surface area contributed by atoms with Crippen molar-refractivity contribution in [1.29, 1.82) is 0 Å². The zero-order valence-corrected chi connectivity index (χ0v) is 11.5. The van der Waals surface area contributed by atoms with Gasteiger partial charge >= 0.3 is 0 Å². The van der Waals surface area contributed by atoms with Crippen LogP contribution in [0.15, 0.2) is 53.3 Å². The lowest BCUT2D eigenvalue weighted by molar-refractivity contribution is 0.299. The fraction of sp³-hybridized carbons (Fsp3) is 0.0714. The summed E-state index contributed by atoms with van der Waals surface area (Å²) < 4.78 is 8.59. The molecule has 4 nitrogen and oxygen atoms in total. The minimum absolute atomic E-state index is 0.228. The van der Waals surface area contributed by atoms with Gasteiger partial charge in [-0.25, -0.2) is 4.98 Å². The average molecular weight is 319 g/mol. The zero-order chi connectivity index (χ0) is 13.2. The molecule has 0 spiro atoms. The van der Waals surface area contributed by atoms with E-state index in [-0.39, 0.29) is 5.75 Å². The van der Waals surface area contributed by atoms with E-state index >= 15 is 0 Å². The number of hydrogen-bond donors (Lipinski definition) is 1. The van der Waals surface area contributed by atoms with E-state index in [0.29, 0.717) is 12.4 Å². The number of phenols is 1. The van der Waals surface area contributed by atoms with Crippen LogP contribution in [0.2, 0.25) is 0 Å². The van der Waals surface area contributed by atoms with Gasteiger partial charge in [-0.15, -0.1) is 0 Å². The van der Waals surface area contributed by atoms with Gasteiger partial charge in [-0.2, -0.15) is 0 Å². The van der Waals surface area contributed by atoms with Gasteiger partial charge in [0.25, 0.3) is 0 Å². The summed E-state index contributed by atoms with van der Waals surface area (Å²) in [6.45, 7) is 0.419. The molecule has 3 rings (SSSR count). The number of ether oxygens (including phenoxy) is 1. The number of pyridine rings is 1. The molecule has 1 aromatic carbocycles. The molecule has 1 N–H and O–H groups in total. The molecule has 5 heteroatoms. The predicted octanol–water partition coefficient (Wildman–Crippen LogP) is 3.38. The van der Waals surface area contributed by atoms with Crippen LogP contribution in [0.4, 0.5) is 0 Å². The number of imidazole rings is 1. The Balaban J connectivity index is 1.82. The van der Waals surface area contributed by atoms with Crippen molar-refractivity contribution in [2.45, 2.75) is 6.61 Å². The first kappa shape index (κ1) is 12.0. The van der Waals surface area contributed by atoms with Crippen LogP contribution in [0.25, 0.3) is 5.65 Å². The Kier molecular flexibility index (Phi) is 3.13. The Morgan fingerprint density at radius 1 is 1.21 bits per heavy atom. The molecule has 0 aliphatic carbocycles. The Bertz CT molecular complexity index is 707. The van der Waals surface area contributed by atoms with E-state index in [1.165, 1.54) is 0 Å². The van der Waals surface area contributed by atoms with Crippen LogP contribution in [0.3, 0.4) is 0 Å². The maximum absolute atomic E-state index is 9.21. The highest BCUT2D eigenvalue weighted by atomic mass is 79.9. The third-order valence-corrected chi connectivity index (χ3v) is 3.41. The van der Waals surface area contributed by atoms with Gasteiger partial charge in [-0.05, 0) is 52.3 Å². The summed E-state index contributed by atoms with van der Waals surface area (Å²) in [5, 5.41) is 9.21. The van der Waals surface area contributed by atoms with Crippen LogP contribution in [0.5, 0.6) is 11.5 Å². The second-order valence-electron chi connectivity index (χ2n) is 4.08. The first-order valence-corrected chi connectivity index (χ1v) is 6.55. The highest BCUT2D eigenvalue weighted by molar-refractivity contribution is 9.10. The van der Waals surface area contributed by atoms with Crippen LogP contribution in [-0.2, 0) is 6.61 Å². The van der Waals surface area contributed by atoms with Crippen molar-refractivity contribution in [3.63, 3.8) is 0 Å². The highest BCUT2D eigenvalue weighted by Gasteiger charge is 2.06. The van der Waals surface area contributed by atoms with Gasteiger partial charge in [0.2, 0.25) is 0 Å². The first-order valence-electron chi connectivity index (χ1n) is 5.76. The van der Waals surface area contributed by atoms with E-state index < -0.39 is 0 Å². The first-order chi connectivity index (χ1) is 9.24. The lowest BCUT2D eigenvalue weighted by Gasteiger charge is -2.06. The second-order valence-corrected chi connectivity index (χ2v) is 4.94. The lowest BCUT2D eigenvalue weighted by Crippen LogP contribution is -1.99. The van der Waals surface area contributed by atoms with Crippen LogP contribution in [0, 0.1) is 0 Å². The van der Waals surface area contributed by atoms with Gasteiger partial charge in [-0.1, -0.05) is 0 Å². The van der Waals surface area contributed by atoms with E-state index in [2.05, 4.69) is 20.9 Å². The van der Waals surface area contributed by atoms with Crippen LogP contribution < -0.4 is 4.74 Å². The molecule has 2 aromatic heterocycles. The Labute approximate surface area is 118 Å². The molecule has 0 fully saturated rings. The third-order valence-electron chi connectivity index (χ3n) is 2.79. The number of aromatic hydroxyl groups is 1. The Morgan fingerprint density at radius 2 is 2.00 bits per heavy atom. The van der Waals surface area contributed by atoms with Crippen molar-refractivity contribution in [1.82, 2.24) is 9.38 Å². The van der Waals surface area contributed by atoms with Gasteiger partial charge in [0, 0.05) is 6.20 Å². The summed E-state index contributed by atoms with van der Waals surface area (Å²) in [6, 6.07) is 10.6. The number of benzene rings is 1. The van der Waals surface area contributed by atoms with E-state index in [0.717, 1.165) is 15.8 Å². The molecular formula is C14H11BrN2O2. The van der Waals surface area contributed by atoms with Gasteiger partial charge in [0.1, 0.15) is 18.1 Å². The predicted molar refractivity (Wildman–Crippen MR) is 75.3 cm³/mol. The number of rotatable bonds is 3. The highest BCUT2D eigenvalue weighted by Crippen LogP contribution is 2.20. The summed E-state index contributed by atoms with van der Waals surface area (Å²) >= 11 is 3.46.